The Morgan fingerprint density at radius 1 is 1.46 bits per heavy atom. The molecule has 128 valence electrons. The second-order valence-corrected chi connectivity index (χ2v) is 5.81. The fourth-order valence-corrected chi connectivity index (χ4v) is 2.84. The molecule has 1 amide bonds. The Morgan fingerprint density at radius 2 is 2.29 bits per heavy atom. The smallest absolute Gasteiger partial charge is 0.214 e. The quantitative estimate of drug-likeness (QED) is 0.468. The van der Waals surface area contributed by atoms with Gasteiger partial charge in [0, 0.05) is 25.2 Å². The van der Waals surface area contributed by atoms with Crippen molar-refractivity contribution in [3.63, 3.8) is 0 Å². The second-order valence-electron chi connectivity index (χ2n) is 5.81. The Morgan fingerprint density at radius 3 is 2.92 bits per heavy atom. The van der Waals surface area contributed by atoms with Gasteiger partial charge in [-0.15, -0.1) is 0 Å². The average molecular weight is 330 g/mol. The molecular weight excluding hydrogens is 308 g/mol. The first-order chi connectivity index (χ1) is 11.7. The van der Waals surface area contributed by atoms with E-state index in [2.05, 4.69) is 11.1 Å². The zero-order valence-electron chi connectivity index (χ0n) is 14.0. The molecular formula is C18H22N2O4. The van der Waals surface area contributed by atoms with Gasteiger partial charge in [-0.25, -0.2) is 0 Å². The Hall–Kier alpha value is -2.18. The summed E-state index contributed by atoms with van der Waals surface area (Å²) in [7, 11) is 3.23. The summed E-state index contributed by atoms with van der Waals surface area (Å²) in [5.74, 6) is 0.488. The van der Waals surface area contributed by atoms with Crippen LogP contribution in [0.1, 0.15) is 16.7 Å². The highest BCUT2D eigenvalue weighted by molar-refractivity contribution is 5.97. The molecule has 3 rings (SSSR count). The summed E-state index contributed by atoms with van der Waals surface area (Å²) in [5.41, 5.74) is 4.18. The summed E-state index contributed by atoms with van der Waals surface area (Å²) in [4.78, 5) is 17.2. The number of aliphatic imine (C=N–C) groups is 1. The van der Waals surface area contributed by atoms with Crippen molar-refractivity contribution in [3.8, 4) is 0 Å². The van der Waals surface area contributed by atoms with Crippen LogP contribution in [0.3, 0.4) is 0 Å². The lowest BCUT2D eigenvalue weighted by Gasteiger charge is -2.29. The number of hydrogen-bond donors (Lipinski definition) is 0. The highest BCUT2D eigenvalue weighted by atomic mass is 16.6. The monoisotopic (exact) mass is 330 g/mol. The van der Waals surface area contributed by atoms with Crippen LogP contribution in [0.5, 0.6) is 0 Å². The summed E-state index contributed by atoms with van der Waals surface area (Å²) in [6.07, 6.45) is 3.68. The van der Waals surface area contributed by atoms with Crippen LogP contribution in [0.15, 0.2) is 29.3 Å². The first-order valence-corrected chi connectivity index (χ1v) is 8.01. The third kappa shape index (κ3) is 3.49. The molecule has 0 atom stereocenters. The van der Waals surface area contributed by atoms with Crippen LogP contribution in [0.2, 0.25) is 0 Å². The number of fused-ring (bicyclic) bond motifs is 1. The number of benzene rings is 1. The molecule has 1 saturated heterocycles. The molecule has 24 heavy (non-hydrogen) atoms. The van der Waals surface area contributed by atoms with Crippen LogP contribution >= 0.6 is 0 Å². The maximum absolute atomic E-state index is 11.4. The van der Waals surface area contributed by atoms with Crippen LogP contribution < -0.4 is 0 Å². The summed E-state index contributed by atoms with van der Waals surface area (Å²) < 4.78 is 16.1. The minimum absolute atomic E-state index is 0.215. The number of rotatable bonds is 5. The Kier molecular flexibility index (Phi) is 5.27. The van der Waals surface area contributed by atoms with Gasteiger partial charge in [-0.3, -0.25) is 9.79 Å². The van der Waals surface area contributed by atoms with Crippen molar-refractivity contribution in [2.45, 2.75) is 19.1 Å². The molecule has 1 aromatic rings. The molecule has 0 saturated carbocycles. The van der Waals surface area contributed by atoms with Crippen molar-refractivity contribution in [2.75, 3.05) is 33.9 Å². The minimum Gasteiger partial charge on any atom is -0.481 e. The van der Waals surface area contributed by atoms with Crippen LogP contribution in [-0.2, 0) is 32.0 Å². The Labute approximate surface area is 141 Å². The molecule has 6 heteroatoms. The number of hydrogen-bond acceptors (Lipinski definition) is 5. The average Bonchev–Trinajstić information content (AvgIpc) is 2.57. The number of carbonyl (C=O) groups excluding carboxylic acids is 1. The van der Waals surface area contributed by atoms with Gasteiger partial charge in [-0.2, -0.15) is 0 Å². The molecule has 0 spiro atoms. The third-order valence-electron chi connectivity index (χ3n) is 4.29. The highest BCUT2D eigenvalue weighted by Crippen LogP contribution is 2.29. The van der Waals surface area contributed by atoms with Crippen LogP contribution in [-0.4, -0.2) is 57.2 Å². The van der Waals surface area contributed by atoms with E-state index in [9.17, 15) is 4.79 Å². The number of ether oxygens (including phenoxy) is 3. The van der Waals surface area contributed by atoms with E-state index in [-0.39, 0.29) is 6.10 Å². The third-order valence-corrected chi connectivity index (χ3v) is 4.29. The van der Waals surface area contributed by atoms with Crippen LogP contribution in [0, 0.1) is 0 Å². The largest absolute Gasteiger partial charge is 0.481 e. The van der Waals surface area contributed by atoms with E-state index in [1.54, 1.807) is 25.1 Å². The molecule has 2 heterocycles. The van der Waals surface area contributed by atoms with E-state index in [0.717, 1.165) is 29.7 Å². The second kappa shape index (κ2) is 7.59. The zero-order chi connectivity index (χ0) is 16.9. The van der Waals surface area contributed by atoms with E-state index >= 15 is 0 Å². The van der Waals surface area contributed by atoms with Crippen LogP contribution in [0.4, 0.5) is 0 Å². The molecule has 0 N–H and O–H groups in total. The first kappa shape index (κ1) is 16.7. The fourth-order valence-electron chi connectivity index (χ4n) is 2.84. The van der Waals surface area contributed by atoms with Gasteiger partial charge in [0.25, 0.3) is 0 Å². The summed E-state index contributed by atoms with van der Waals surface area (Å²) in [6.45, 7) is 2.59. The van der Waals surface area contributed by atoms with Gasteiger partial charge in [0.2, 0.25) is 12.3 Å². The van der Waals surface area contributed by atoms with E-state index in [0.29, 0.717) is 32.3 Å². The minimum atomic E-state index is 0.215. The SMILES string of the molecule is C/N=C(\C=C1\c2ccc(COC3COC3)cc2CCN1C=O)OC. The molecule has 2 aliphatic heterocycles. The lowest BCUT2D eigenvalue weighted by molar-refractivity contribution is -0.135. The van der Waals surface area contributed by atoms with Crippen molar-refractivity contribution in [2.24, 2.45) is 4.99 Å². The van der Waals surface area contributed by atoms with Gasteiger partial charge in [0.1, 0.15) is 6.10 Å². The molecule has 0 bridgehead atoms. The summed E-state index contributed by atoms with van der Waals surface area (Å²) in [6, 6.07) is 6.23. The van der Waals surface area contributed by atoms with Crippen molar-refractivity contribution >= 4 is 18.0 Å². The lowest BCUT2D eigenvalue weighted by Crippen LogP contribution is -2.35. The Balaban J connectivity index is 1.84. The zero-order valence-corrected chi connectivity index (χ0v) is 14.0. The molecule has 2 aliphatic rings. The highest BCUT2D eigenvalue weighted by Gasteiger charge is 2.22. The molecule has 0 aromatic heterocycles. The van der Waals surface area contributed by atoms with E-state index in [4.69, 9.17) is 14.2 Å². The number of methoxy groups -OCH3 is 1. The summed E-state index contributed by atoms with van der Waals surface area (Å²) in [5, 5.41) is 0. The molecule has 6 nitrogen and oxygen atoms in total. The molecule has 1 fully saturated rings. The number of nitrogens with zero attached hydrogens (tertiary/aromatic N) is 2. The van der Waals surface area contributed by atoms with Crippen molar-refractivity contribution in [3.05, 3.63) is 41.0 Å². The van der Waals surface area contributed by atoms with Crippen molar-refractivity contribution in [1.82, 2.24) is 4.90 Å². The molecule has 1 aromatic carbocycles. The van der Waals surface area contributed by atoms with Gasteiger partial charge in [0.15, 0.2) is 0 Å². The van der Waals surface area contributed by atoms with E-state index in [1.807, 2.05) is 12.1 Å². The fraction of sp³-hybridized carbons (Fsp3) is 0.444. The Bertz CT molecular complexity index is 665. The number of amides is 1. The normalized spacial score (nSPS) is 19.8. The lowest BCUT2D eigenvalue weighted by atomic mass is 9.94. The van der Waals surface area contributed by atoms with E-state index < -0.39 is 0 Å². The van der Waals surface area contributed by atoms with Crippen molar-refractivity contribution in [1.29, 1.82) is 0 Å². The van der Waals surface area contributed by atoms with Gasteiger partial charge >= 0.3 is 0 Å². The van der Waals surface area contributed by atoms with Gasteiger partial charge in [0.05, 0.1) is 32.6 Å². The maximum Gasteiger partial charge on any atom is 0.214 e. The predicted octanol–water partition coefficient (Wildman–Crippen LogP) is 1.63. The van der Waals surface area contributed by atoms with E-state index in [1.165, 1.54) is 5.56 Å². The van der Waals surface area contributed by atoms with Crippen LogP contribution in [0.25, 0.3) is 5.70 Å². The van der Waals surface area contributed by atoms with Crippen molar-refractivity contribution < 1.29 is 19.0 Å². The van der Waals surface area contributed by atoms with Gasteiger partial charge in [-0.1, -0.05) is 18.2 Å². The molecule has 0 radical (unpaired) electrons. The summed E-state index contributed by atoms with van der Waals surface area (Å²) >= 11 is 0. The molecule has 0 aliphatic carbocycles. The maximum atomic E-state index is 11.4. The topological polar surface area (TPSA) is 60.4 Å². The van der Waals surface area contributed by atoms with Gasteiger partial charge in [-0.05, 0) is 17.5 Å². The standard InChI is InChI=1S/C18H22N2O4/c1-19-18(22-2)8-17-16-4-3-13(9-24-15-10-23-11-15)7-14(16)5-6-20(17)12-21/h3-4,7-8,12,15H,5-6,9-11H2,1-2H3/b17-8-,19-18+. The first-order valence-electron chi connectivity index (χ1n) is 8.01. The van der Waals surface area contributed by atoms with Gasteiger partial charge < -0.3 is 19.1 Å². The molecule has 0 unspecified atom stereocenters. The predicted molar refractivity (Wildman–Crippen MR) is 90.7 cm³/mol. The number of carbonyl (C=O) groups is 1.